The fourth-order valence-electron chi connectivity index (χ4n) is 2.14. The largest absolute Gasteiger partial charge is 3.00 e. The molecule has 0 saturated heterocycles. The minimum atomic E-state index is 0. The summed E-state index contributed by atoms with van der Waals surface area (Å²) in [6, 6.07) is 29.3. The molecule has 103 valence electrons. The van der Waals surface area contributed by atoms with Crippen LogP contribution in [0.25, 0.3) is 21.5 Å². The van der Waals surface area contributed by atoms with Gasteiger partial charge in [0.25, 0.3) is 0 Å². The van der Waals surface area contributed by atoms with Gasteiger partial charge in [0, 0.05) is 0 Å². The summed E-state index contributed by atoms with van der Waals surface area (Å²) in [6.07, 6.45) is 0. The van der Waals surface area contributed by atoms with Gasteiger partial charge in [0.15, 0.2) is 0 Å². The van der Waals surface area contributed by atoms with E-state index in [4.69, 9.17) is 0 Å². The van der Waals surface area contributed by atoms with Gasteiger partial charge >= 0.3 is 21.7 Å². The van der Waals surface area contributed by atoms with Crippen LogP contribution >= 0.6 is 0 Å². The first-order valence-electron chi connectivity index (χ1n) is 6.85. The van der Waals surface area contributed by atoms with Crippen molar-refractivity contribution in [1.29, 1.82) is 0 Å². The van der Waals surface area contributed by atoms with Gasteiger partial charge in [0.1, 0.15) is 0 Å². The quantitative estimate of drug-likeness (QED) is 0.278. The Morgan fingerprint density at radius 3 is 1.38 bits per heavy atom. The molecule has 0 bridgehead atoms. The molecule has 0 aliphatic carbocycles. The van der Waals surface area contributed by atoms with Crippen molar-refractivity contribution in [3.63, 3.8) is 0 Å². The number of benzene rings is 2. The van der Waals surface area contributed by atoms with Crippen LogP contribution in [0.1, 0.15) is 6.92 Å². The second-order valence-electron chi connectivity index (χ2n) is 4.31. The van der Waals surface area contributed by atoms with Gasteiger partial charge in [-0.1, -0.05) is 12.1 Å². The van der Waals surface area contributed by atoms with Crippen molar-refractivity contribution in [2.24, 2.45) is 0 Å². The van der Waals surface area contributed by atoms with Gasteiger partial charge in [-0.3, -0.25) is 0 Å². The van der Waals surface area contributed by atoms with Crippen molar-refractivity contribution in [3.8, 4) is 0 Å². The van der Waals surface area contributed by atoms with Crippen molar-refractivity contribution in [1.82, 2.24) is 0 Å². The van der Waals surface area contributed by atoms with E-state index in [1.165, 1.54) is 21.5 Å². The summed E-state index contributed by atoms with van der Waals surface area (Å²) < 4.78 is 0. The average Bonchev–Trinajstić information content (AvgIpc) is 3.18. The Bertz CT molecular complexity index is 620. The zero-order chi connectivity index (χ0) is 14.2. The van der Waals surface area contributed by atoms with E-state index < -0.39 is 0 Å². The van der Waals surface area contributed by atoms with Crippen molar-refractivity contribution in [3.05, 3.63) is 91.9 Å². The Morgan fingerprint density at radius 1 is 0.619 bits per heavy atom. The van der Waals surface area contributed by atoms with Crippen molar-refractivity contribution in [2.45, 2.75) is 6.92 Å². The number of hydrogen-bond acceptors (Lipinski definition) is 0. The summed E-state index contributed by atoms with van der Waals surface area (Å²) in [5.41, 5.74) is 0. The Labute approximate surface area is 142 Å². The summed E-state index contributed by atoms with van der Waals surface area (Å²) in [6.45, 7) is 5.00. The van der Waals surface area contributed by atoms with Crippen LogP contribution in [-0.2, 0) is 21.7 Å². The Hall–Kier alpha value is -1.63. The van der Waals surface area contributed by atoms with Crippen LogP contribution in [0, 0.1) is 6.92 Å². The van der Waals surface area contributed by atoms with Gasteiger partial charge in [-0.05, 0) is 0 Å². The van der Waals surface area contributed by atoms with E-state index in [0.29, 0.717) is 0 Å². The molecule has 0 nitrogen and oxygen atoms in total. The third-order valence-electron chi connectivity index (χ3n) is 3.10. The maximum absolute atomic E-state index is 3.25. The summed E-state index contributed by atoms with van der Waals surface area (Å²) in [7, 11) is 0. The van der Waals surface area contributed by atoms with Gasteiger partial charge < -0.3 is 6.92 Å². The number of fused-ring (bicyclic) bond motifs is 2. The second-order valence-corrected chi connectivity index (χ2v) is 4.31. The fraction of sp³-hybridized carbons (Fsp3) is 0.0500. The minimum Gasteiger partial charge on any atom is -0.346 e. The van der Waals surface area contributed by atoms with Crippen molar-refractivity contribution in [2.75, 3.05) is 0 Å². The van der Waals surface area contributed by atoms with E-state index in [9.17, 15) is 0 Å². The standard InChI is InChI=1S/2C9H7.C2H5.Ti/c2*1-2-5-9-7-3-6-8(9)4-1;1-2;/h2*1-7H;1H2,2H3;/q3*-1;+3. The molecule has 0 fully saturated rings. The molecule has 0 saturated carbocycles. The van der Waals surface area contributed by atoms with E-state index in [1.807, 2.05) is 0 Å². The maximum atomic E-state index is 3.25. The molecule has 4 aromatic carbocycles. The van der Waals surface area contributed by atoms with Gasteiger partial charge in [0.05, 0.1) is 0 Å². The van der Waals surface area contributed by atoms with Gasteiger partial charge in [-0.25, -0.2) is 0 Å². The van der Waals surface area contributed by atoms with E-state index >= 15 is 0 Å². The average molecular weight is 307 g/mol. The molecule has 0 spiro atoms. The van der Waals surface area contributed by atoms with Crippen LogP contribution < -0.4 is 0 Å². The molecular formula is C20H19Ti. The predicted octanol–water partition coefficient (Wildman–Crippen LogP) is 5.96. The topological polar surface area (TPSA) is 0 Å². The third-order valence-corrected chi connectivity index (χ3v) is 3.10. The predicted molar refractivity (Wildman–Crippen MR) is 90.1 cm³/mol. The first-order chi connectivity index (χ1) is 9.93. The van der Waals surface area contributed by atoms with Gasteiger partial charge in [-0.15, -0.1) is 59.3 Å². The van der Waals surface area contributed by atoms with Crippen LogP contribution in [0.15, 0.2) is 84.9 Å². The molecule has 0 aliphatic heterocycles. The Morgan fingerprint density at radius 2 is 1.00 bits per heavy atom. The van der Waals surface area contributed by atoms with Crippen LogP contribution in [0.5, 0.6) is 0 Å². The monoisotopic (exact) mass is 307 g/mol. The second kappa shape index (κ2) is 9.34. The van der Waals surface area contributed by atoms with Crippen LogP contribution in [0.4, 0.5) is 0 Å². The molecule has 0 aliphatic rings. The molecule has 0 heterocycles. The summed E-state index contributed by atoms with van der Waals surface area (Å²) in [5.74, 6) is 0. The zero-order valence-corrected chi connectivity index (χ0v) is 13.9. The minimum absolute atomic E-state index is 0. The molecule has 0 N–H and O–H groups in total. The molecule has 21 heavy (non-hydrogen) atoms. The van der Waals surface area contributed by atoms with Crippen LogP contribution in [0.2, 0.25) is 0 Å². The number of hydrogen-bond donors (Lipinski definition) is 0. The first kappa shape index (κ1) is 17.4. The number of rotatable bonds is 0. The Kier molecular flexibility index (Phi) is 7.75. The van der Waals surface area contributed by atoms with Crippen molar-refractivity contribution >= 4 is 21.5 Å². The van der Waals surface area contributed by atoms with Crippen molar-refractivity contribution < 1.29 is 21.7 Å². The van der Waals surface area contributed by atoms with Crippen LogP contribution in [-0.4, -0.2) is 0 Å². The smallest absolute Gasteiger partial charge is 0.346 e. The summed E-state index contributed by atoms with van der Waals surface area (Å²) in [4.78, 5) is 0. The first-order valence-corrected chi connectivity index (χ1v) is 6.85. The molecular weight excluding hydrogens is 288 g/mol. The third kappa shape index (κ3) is 4.70. The van der Waals surface area contributed by atoms with Crippen LogP contribution in [0.3, 0.4) is 0 Å². The van der Waals surface area contributed by atoms with E-state index in [0.717, 1.165) is 0 Å². The fourth-order valence-corrected chi connectivity index (χ4v) is 2.14. The van der Waals surface area contributed by atoms with Gasteiger partial charge in [0.2, 0.25) is 0 Å². The Balaban J connectivity index is 0.000000181. The van der Waals surface area contributed by atoms with E-state index in [-0.39, 0.29) is 21.7 Å². The van der Waals surface area contributed by atoms with E-state index in [2.05, 4.69) is 91.9 Å². The molecule has 0 unspecified atom stereocenters. The normalized spacial score (nSPS) is 9.05. The maximum Gasteiger partial charge on any atom is 3.00 e. The molecule has 0 atom stereocenters. The van der Waals surface area contributed by atoms with E-state index in [1.54, 1.807) is 6.92 Å². The molecule has 1 heteroatoms. The zero-order valence-electron chi connectivity index (χ0n) is 12.3. The summed E-state index contributed by atoms with van der Waals surface area (Å²) >= 11 is 0. The molecule has 4 rings (SSSR count). The summed E-state index contributed by atoms with van der Waals surface area (Å²) in [5, 5.41) is 5.32. The molecule has 4 aromatic rings. The SMILES string of the molecule is [CH2-]C.[Ti+3].c1ccc2[cH-]ccc2c1.c1ccc2[cH-]ccc2c1. The molecule has 0 aromatic heterocycles. The van der Waals surface area contributed by atoms with Gasteiger partial charge in [-0.2, -0.15) is 42.0 Å². The molecule has 1 radical (unpaired) electrons. The molecule has 0 amide bonds.